The fourth-order valence-corrected chi connectivity index (χ4v) is 3.20. The van der Waals surface area contributed by atoms with Gasteiger partial charge in [0.1, 0.15) is 0 Å². The summed E-state index contributed by atoms with van der Waals surface area (Å²) < 4.78 is 14.1. The lowest BCUT2D eigenvalue weighted by Gasteiger charge is -2.19. The van der Waals surface area contributed by atoms with Crippen molar-refractivity contribution in [2.45, 2.75) is 12.5 Å². The third kappa shape index (κ3) is 5.34. The van der Waals surface area contributed by atoms with Crippen LogP contribution in [0.25, 0.3) is 0 Å². The molecule has 2 N–H and O–H groups in total. The highest BCUT2D eigenvalue weighted by atomic mass is 35.5. The standard InChI is InChI=1S/C22H17Cl2FN2O2/c23-16-10-5-4-9-15(16)22(29)27-19(14-7-2-1-3-8-14)13-20(28)26-18-12-6-11-17(24)21(18)25/h1-12,19H,13H2,(H,26,28)(H,27,29). The second-order valence-corrected chi connectivity index (χ2v) is 7.08. The Morgan fingerprint density at radius 2 is 1.52 bits per heavy atom. The Hall–Kier alpha value is -2.89. The van der Waals surface area contributed by atoms with E-state index in [4.69, 9.17) is 23.2 Å². The van der Waals surface area contributed by atoms with E-state index in [0.29, 0.717) is 10.6 Å². The lowest BCUT2D eigenvalue weighted by atomic mass is 10.0. The highest BCUT2D eigenvalue weighted by molar-refractivity contribution is 6.33. The molecule has 0 aliphatic rings. The van der Waals surface area contributed by atoms with Crippen molar-refractivity contribution in [3.05, 3.63) is 99.8 Å². The minimum atomic E-state index is -0.709. The zero-order chi connectivity index (χ0) is 20.8. The van der Waals surface area contributed by atoms with Crippen LogP contribution in [0.2, 0.25) is 10.0 Å². The second kappa shape index (κ2) is 9.54. The van der Waals surface area contributed by atoms with Crippen LogP contribution < -0.4 is 10.6 Å². The van der Waals surface area contributed by atoms with Crippen molar-refractivity contribution < 1.29 is 14.0 Å². The van der Waals surface area contributed by atoms with Crippen LogP contribution in [0.3, 0.4) is 0 Å². The van der Waals surface area contributed by atoms with Crippen molar-refractivity contribution in [1.82, 2.24) is 5.32 Å². The van der Waals surface area contributed by atoms with Gasteiger partial charge in [-0.3, -0.25) is 9.59 Å². The van der Waals surface area contributed by atoms with Gasteiger partial charge in [0.25, 0.3) is 5.91 Å². The van der Waals surface area contributed by atoms with Crippen LogP contribution in [-0.2, 0) is 4.79 Å². The molecule has 0 aliphatic carbocycles. The summed E-state index contributed by atoms with van der Waals surface area (Å²) >= 11 is 11.9. The van der Waals surface area contributed by atoms with Gasteiger partial charge in [0.05, 0.1) is 33.8 Å². The molecular weight excluding hydrogens is 414 g/mol. The lowest BCUT2D eigenvalue weighted by Crippen LogP contribution is -2.31. The number of hydrogen-bond donors (Lipinski definition) is 2. The van der Waals surface area contributed by atoms with Crippen LogP contribution >= 0.6 is 23.2 Å². The predicted octanol–water partition coefficient (Wildman–Crippen LogP) is 5.63. The quantitative estimate of drug-likeness (QED) is 0.531. The maximum absolute atomic E-state index is 14.1. The van der Waals surface area contributed by atoms with E-state index in [1.54, 1.807) is 48.5 Å². The molecule has 2 amide bonds. The Morgan fingerprint density at radius 1 is 0.862 bits per heavy atom. The summed E-state index contributed by atoms with van der Waals surface area (Å²) in [4.78, 5) is 25.2. The molecule has 4 nitrogen and oxygen atoms in total. The highest BCUT2D eigenvalue weighted by Crippen LogP contribution is 2.24. The van der Waals surface area contributed by atoms with Gasteiger partial charge in [-0.2, -0.15) is 0 Å². The van der Waals surface area contributed by atoms with E-state index in [1.165, 1.54) is 18.2 Å². The number of benzene rings is 3. The number of hydrogen-bond acceptors (Lipinski definition) is 2. The Labute approximate surface area is 177 Å². The Kier molecular flexibility index (Phi) is 6.86. The van der Waals surface area contributed by atoms with Crippen LogP contribution in [0.15, 0.2) is 72.8 Å². The number of amides is 2. The first-order valence-electron chi connectivity index (χ1n) is 8.80. The average molecular weight is 431 g/mol. The van der Waals surface area contributed by atoms with Gasteiger partial charge in [-0.25, -0.2) is 4.39 Å². The summed E-state index contributed by atoms with van der Waals surface area (Å²) in [7, 11) is 0. The normalized spacial score (nSPS) is 11.6. The van der Waals surface area contributed by atoms with Gasteiger partial charge in [-0.15, -0.1) is 0 Å². The van der Waals surface area contributed by atoms with Crippen LogP contribution in [-0.4, -0.2) is 11.8 Å². The molecule has 0 bridgehead atoms. The topological polar surface area (TPSA) is 58.2 Å². The molecule has 1 atom stereocenters. The summed E-state index contributed by atoms with van der Waals surface area (Å²) in [6, 6.07) is 19.4. The van der Waals surface area contributed by atoms with E-state index in [9.17, 15) is 14.0 Å². The zero-order valence-corrected chi connectivity index (χ0v) is 16.7. The molecular formula is C22H17Cl2FN2O2. The van der Waals surface area contributed by atoms with Crippen LogP contribution in [0, 0.1) is 5.82 Å². The Balaban J connectivity index is 1.79. The van der Waals surface area contributed by atoms with Crippen molar-refractivity contribution in [3.8, 4) is 0 Å². The Bertz CT molecular complexity index is 1030. The molecule has 0 saturated carbocycles. The van der Waals surface area contributed by atoms with Crippen molar-refractivity contribution in [3.63, 3.8) is 0 Å². The third-order valence-electron chi connectivity index (χ3n) is 4.24. The molecule has 0 radical (unpaired) electrons. The summed E-state index contributed by atoms with van der Waals surface area (Å²) in [5, 5.41) is 5.55. The van der Waals surface area contributed by atoms with Crippen molar-refractivity contribution in [2.24, 2.45) is 0 Å². The smallest absolute Gasteiger partial charge is 0.253 e. The van der Waals surface area contributed by atoms with E-state index in [-0.39, 0.29) is 17.1 Å². The summed E-state index contributed by atoms with van der Waals surface area (Å²) in [5.74, 6) is -1.59. The van der Waals surface area contributed by atoms with Gasteiger partial charge >= 0.3 is 0 Å². The first kappa shape index (κ1) is 20.8. The van der Waals surface area contributed by atoms with Crippen LogP contribution in [0.5, 0.6) is 0 Å². The van der Waals surface area contributed by atoms with Crippen molar-refractivity contribution in [1.29, 1.82) is 0 Å². The van der Waals surface area contributed by atoms with Gasteiger partial charge in [0, 0.05) is 0 Å². The molecule has 29 heavy (non-hydrogen) atoms. The molecule has 3 aromatic rings. The summed E-state index contributed by atoms with van der Waals surface area (Å²) in [5.41, 5.74) is 1.01. The summed E-state index contributed by atoms with van der Waals surface area (Å²) in [6.07, 6.45) is -0.105. The molecule has 7 heteroatoms. The molecule has 0 heterocycles. The number of halogens is 3. The molecule has 3 rings (SSSR count). The Morgan fingerprint density at radius 3 is 2.24 bits per heavy atom. The highest BCUT2D eigenvalue weighted by Gasteiger charge is 2.21. The van der Waals surface area contributed by atoms with Crippen LogP contribution in [0.4, 0.5) is 10.1 Å². The average Bonchev–Trinajstić information content (AvgIpc) is 2.72. The van der Waals surface area contributed by atoms with Gasteiger partial charge in [0.2, 0.25) is 5.91 Å². The lowest BCUT2D eigenvalue weighted by molar-refractivity contribution is -0.116. The number of carbonyl (C=O) groups is 2. The van der Waals surface area contributed by atoms with Crippen molar-refractivity contribution >= 4 is 40.7 Å². The van der Waals surface area contributed by atoms with Crippen molar-refractivity contribution in [2.75, 3.05) is 5.32 Å². The molecule has 3 aromatic carbocycles. The second-order valence-electron chi connectivity index (χ2n) is 6.27. The van der Waals surface area contributed by atoms with E-state index in [0.717, 1.165) is 5.56 Å². The first-order chi connectivity index (χ1) is 14.0. The largest absolute Gasteiger partial charge is 0.345 e. The molecule has 148 valence electrons. The van der Waals surface area contributed by atoms with Gasteiger partial charge in [-0.05, 0) is 29.8 Å². The van der Waals surface area contributed by atoms with Gasteiger partial charge in [-0.1, -0.05) is 71.7 Å². The number of rotatable bonds is 6. The van der Waals surface area contributed by atoms with E-state index in [2.05, 4.69) is 10.6 Å². The summed E-state index contributed by atoms with van der Waals surface area (Å²) in [6.45, 7) is 0. The predicted molar refractivity (Wildman–Crippen MR) is 113 cm³/mol. The van der Waals surface area contributed by atoms with Crippen LogP contribution in [0.1, 0.15) is 28.4 Å². The van der Waals surface area contributed by atoms with Gasteiger partial charge in [0.15, 0.2) is 5.82 Å². The maximum atomic E-state index is 14.1. The third-order valence-corrected chi connectivity index (χ3v) is 4.86. The van der Waals surface area contributed by atoms with E-state index < -0.39 is 23.7 Å². The van der Waals surface area contributed by atoms with E-state index in [1.807, 2.05) is 6.07 Å². The van der Waals surface area contributed by atoms with E-state index >= 15 is 0 Å². The molecule has 0 aromatic heterocycles. The minimum absolute atomic E-state index is 0.0215. The molecule has 1 unspecified atom stereocenters. The monoisotopic (exact) mass is 430 g/mol. The SMILES string of the molecule is O=C(CC(NC(=O)c1ccccc1Cl)c1ccccc1)Nc1cccc(Cl)c1F. The fraction of sp³-hybridized carbons (Fsp3) is 0.0909. The number of anilines is 1. The number of nitrogens with one attached hydrogen (secondary N) is 2. The number of carbonyl (C=O) groups excluding carboxylic acids is 2. The maximum Gasteiger partial charge on any atom is 0.253 e. The molecule has 0 saturated heterocycles. The molecule has 0 fully saturated rings. The molecule has 0 aliphatic heterocycles. The minimum Gasteiger partial charge on any atom is -0.345 e. The zero-order valence-electron chi connectivity index (χ0n) is 15.2. The fourth-order valence-electron chi connectivity index (χ4n) is 2.81. The van der Waals surface area contributed by atoms with Gasteiger partial charge < -0.3 is 10.6 Å². The first-order valence-corrected chi connectivity index (χ1v) is 9.55. The molecule has 0 spiro atoms.